The van der Waals surface area contributed by atoms with Gasteiger partial charge in [-0.2, -0.15) is 0 Å². The number of hydrogen-bond acceptors (Lipinski definition) is 2. The summed E-state index contributed by atoms with van der Waals surface area (Å²) in [7, 11) is 0. The molecule has 0 spiro atoms. The zero-order chi connectivity index (χ0) is 12.1. The van der Waals surface area contributed by atoms with E-state index in [-0.39, 0.29) is 0 Å². The fourth-order valence-corrected chi connectivity index (χ4v) is 1.73. The molecule has 0 saturated carbocycles. The molecule has 1 rings (SSSR count). The summed E-state index contributed by atoms with van der Waals surface area (Å²) in [6.45, 7) is 6.09. The van der Waals surface area contributed by atoms with Crippen molar-refractivity contribution in [3.63, 3.8) is 0 Å². The molecular formula is C14H19NS. The lowest BCUT2D eigenvalue weighted by Crippen LogP contribution is -1.95. The maximum absolute atomic E-state index is 5.75. The molecule has 0 aliphatic heterocycles. The van der Waals surface area contributed by atoms with Gasteiger partial charge in [-0.15, -0.1) is 18.4 Å². The van der Waals surface area contributed by atoms with Crippen molar-refractivity contribution in [3.05, 3.63) is 51.3 Å². The summed E-state index contributed by atoms with van der Waals surface area (Å²) < 4.78 is 0. The highest BCUT2D eigenvalue weighted by molar-refractivity contribution is 7.84. The Labute approximate surface area is 104 Å². The zero-order valence-corrected chi connectivity index (χ0v) is 11.1. The van der Waals surface area contributed by atoms with Crippen LogP contribution in [0, 0.1) is 0 Å². The van der Waals surface area contributed by atoms with E-state index in [2.05, 4.69) is 50.4 Å². The molecule has 0 unspecified atom stereocenters. The molecular weight excluding hydrogens is 214 g/mol. The van der Waals surface area contributed by atoms with Crippen LogP contribution in [0.3, 0.4) is 0 Å². The van der Waals surface area contributed by atoms with Gasteiger partial charge < -0.3 is 5.73 Å². The highest BCUT2D eigenvalue weighted by Gasteiger charge is 2.03. The molecule has 0 radical (unpaired) electrons. The number of thiol groups is 1. The Hall–Kier alpha value is -1.11. The van der Waals surface area contributed by atoms with Gasteiger partial charge in [0.2, 0.25) is 0 Å². The molecule has 0 heterocycles. The molecule has 0 atom stereocenters. The van der Waals surface area contributed by atoms with Crippen LogP contribution in [0.2, 0.25) is 0 Å². The van der Waals surface area contributed by atoms with E-state index in [1.165, 1.54) is 5.57 Å². The van der Waals surface area contributed by atoms with Gasteiger partial charge in [0.05, 0.1) is 0 Å². The van der Waals surface area contributed by atoms with Crippen molar-refractivity contribution in [2.24, 2.45) is 5.73 Å². The molecule has 0 saturated heterocycles. The van der Waals surface area contributed by atoms with Crippen molar-refractivity contribution in [1.82, 2.24) is 0 Å². The summed E-state index contributed by atoms with van der Waals surface area (Å²) >= 11 is 4.42. The zero-order valence-electron chi connectivity index (χ0n) is 10.2. The normalized spacial score (nSPS) is 17.1. The summed E-state index contributed by atoms with van der Waals surface area (Å²) in [5, 5.41) is 0. The molecule has 1 aliphatic carbocycles. The van der Waals surface area contributed by atoms with E-state index in [1.54, 1.807) is 0 Å². The number of hydrogen-bond donors (Lipinski definition) is 2. The van der Waals surface area contributed by atoms with Crippen molar-refractivity contribution in [1.29, 1.82) is 0 Å². The summed E-state index contributed by atoms with van der Waals surface area (Å²) in [6.07, 6.45) is 8.42. The second-order valence-corrected chi connectivity index (χ2v) is 4.50. The van der Waals surface area contributed by atoms with E-state index in [1.807, 2.05) is 6.92 Å². The van der Waals surface area contributed by atoms with Gasteiger partial charge in [-0.1, -0.05) is 25.5 Å². The summed E-state index contributed by atoms with van der Waals surface area (Å²) in [6, 6.07) is 0. The molecule has 0 bridgehead atoms. The molecule has 2 heteroatoms. The molecule has 16 heavy (non-hydrogen) atoms. The Morgan fingerprint density at radius 3 is 2.69 bits per heavy atom. The molecule has 0 fully saturated rings. The Balaban J connectivity index is 3.06. The van der Waals surface area contributed by atoms with E-state index >= 15 is 0 Å². The first kappa shape index (κ1) is 13.0. The van der Waals surface area contributed by atoms with Gasteiger partial charge in [0, 0.05) is 10.6 Å². The van der Waals surface area contributed by atoms with E-state index in [0.29, 0.717) is 0 Å². The van der Waals surface area contributed by atoms with Crippen LogP contribution in [0.5, 0.6) is 0 Å². The second-order valence-electron chi connectivity index (χ2n) is 4.05. The number of nitrogens with two attached hydrogens (primary N) is 1. The monoisotopic (exact) mass is 233 g/mol. The lowest BCUT2D eigenvalue weighted by Gasteiger charge is -2.03. The second kappa shape index (κ2) is 5.83. The fraction of sp³-hybridized carbons (Fsp3) is 0.357. The summed E-state index contributed by atoms with van der Waals surface area (Å²) in [5.41, 5.74) is 13.3. The first-order chi connectivity index (χ1) is 7.54. The topological polar surface area (TPSA) is 26.0 Å². The van der Waals surface area contributed by atoms with Gasteiger partial charge in [0.25, 0.3) is 0 Å². The summed E-state index contributed by atoms with van der Waals surface area (Å²) in [4.78, 5) is 0.843. The third kappa shape index (κ3) is 3.48. The van der Waals surface area contributed by atoms with Gasteiger partial charge in [-0.3, -0.25) is 0 Å². The maximum Gasteiger partial charge on any atom is 0.0298 e. The average Bonchev–Trinajstić information content (AvgIpc) is 2.39. The minimum absolute atomic E-state index is 0.742. The van der Waals surface area contributed by atoms with Gasteiger partial charge in [0.1, 0.15) is 0 Å². The molecule has 86 valence electrons. The maximum atomic E-state index is 5.75. The molecule has 0 aromatic heterocycles. The van der Waals surface area contributed by atoms with Crippen LogP contribution in [0.4, 0.5) is 0 Å². The quantitative estimate of drug-likeness (QED) is 0.561. The lowest BCUT2D eigenvalue weighted by atomic mass is 10.1. The molecule has 0 amide bonds. The molecule has 0 aromatic rings. The van der Waals surface area contributed by atoms with Gasteiger partial charge in [-0.05, 0) is 43.1 Å². The van der Waals surface area contributed by atoms with Crippen molar-refractivity contribution in [2.75, 3.05) is 0 Å². The predicted molar refractivity (Wildman–Crippen MR) is 74.2 cm³/mol. The minimum Gasteiger partial charge on any atom is -0.401 e. The van der Waals surface area contributed by atoms with Gasteiger partial charge in [-0.25, -0.2) is 0 Å². The largest absolute Gasteiger partial charge is 0.401 e. The molecule has 0 aromatic carbocycles. The number of allylic oxidation sites excluding steroid dienone is 6. The lowest BCUT2D eigenvalue weighted by molar-refractivity contribution is 0.928. The average molecular weight is 233 g/mol. The van der Waals surface area contributed by atoms with Crippen LogP contribution >= 0.6 is 12.6 Å². The van der Waals surface area contributed by atoms with Crippen LogP contribution in [-0.4, -0.2) is 0 Å². The Bertz CT molecular complexity index is 426. The first-order valence-electron chi connectivity index (χ1n) is 5.56. The highest BCUT2D eigenvalue weighted by Crippen LogP contribution is 2.23. The fourth-order valence-electron chi connectivity index (χ4n) is 1.59. The van der Waals surface area contributed by atoms with E-state index in [4.69, 9.17) is 5.73 Å². The highest BCUT2D eigenvalue weighted by atomic mass is 32.1. The van der Waals surface area contributed by atoms with Crippen LogP contribution < -0.4 is 5.73 Å². The predicted octanol–water partition coefficient (Wildman–Crippen LogP) is 3.87. The number of rotatable bonds is 3. The standard InChI is InChI=1S/C14H19NS/c1-4-5-12-6-7-13(9-10(2)8-12)14(16)11(3)15/h6-7,9,16H,4-5,15H2,1-3H3/b14-11-. The SMILES string of the molecule is CCCC1=C=C(C)C=C(/C(S)=C(\C)N)C=C1. The summed E-state index contributed by atoms with van der Waals surface area (Å²) in [5.74, 6) is 0. The third-order valence-corrected chi connectivity index (χ3v) is 2.97. The third-order valence-electron chi connectivity index (χ3n) is 2.36. The van der Waals surface area contributed by atoms with Gasteiger partial charge in [0.15, 0.2) is 0 Å². The molecule has 1 aliphatic rings. The van der Waals surface area contributed by atoms with E-state index < -0.39 is 0 Å². The van der Waals surface area contributed by atoms with Crippen LogP contribution in [0.15, 0.2) is 51.3 Å². The smallest absolute Gasteiger partial charge is 0.0298 e. The van der Waals surface area contributed by atoms with Crippen LogP contribution in [0.1, 0.15) is 33.6 Å². The molecule has 2 N–H and O–H groups in total. The Kier molecular flexibility index (Phi) is 4.72. The van der Waals surface area contributed by atoms with E-state index in [0.717, 1.165) is 34.6 Å². The Morgan fingerprint density at radius 2 is 2.12 bits per heavy atom. The molecule has 1 nitrogen and oxygen atoms in total. The van der Waals surface area contributed by atoms with Crippen molar-refractivity contribution >= 4 is 12.6 Å². The van der Waals surface area contributed by atoms with Crippen LogP contribution in [-0.2, 0) is 0 Å². The Morgan fingerprint density at radius 1 is 1.44 bits per heavy atom. The van der Waals surface area contributed by atoms with Crippen molar-refractivity contribution in [2.45, 2.75) is 33.6 Å². The van der Waals surface area contributed by atoms with E-state index in [9.17, 15) is 0 Å². The van der Waals surface area contributed by atoms with Crippen molar-refractivity contribution in [3.8, 4) is 0 Å². The van der Waals surface area contributed by atoms with Crippen LogP contribution in [0.25, 0.3) is 0 Å². The first-order valence-corrected chi connectivity index (χ1v) is 6.01. The minimum atomic E-state index is 0.742. The van der Waals surface area contributed by atoms with Crippen molar-refractivity contribution < 1.29 is 0 Å². The van der Waals surface area contributed by atoms with Gasteiger partial charge >= 0.3 is 0 Å².